The minimum atomic E-state index is -0.439. The second kappa shape index (κ2) is 7.91. The summed E-state index contributed by atoms with van der Waals surface area (Å²) in [5.41, 5.74) is 7.61. The van der Waals surface area contributed by atoms with Crippen LogP contribution in [0, 0.1) is 11.3 Å². The first kappa shape index (κ1) is 20.3. The van der Waals surface area contributed by atoms with Crippen molar-refractivity contribution in [3.8, 4) is 17.0 Å². The van der Waals surface area contributed by atoms with E-state index in [4.69, 9.17) is 20.9 Å². The molecule has 150 valence electrons. The second-order valence-electron chi connectivity index (χ2n) is 7.83. The summed E-state index contributed by atoms with van der Waals surface area (Å²) in [6.07, 6.45) is 0. The first-order chi connectivity index (χ1) is 13.7. The number of amides is 1. The van der Waals surface area contributed by atoms with Crippen LogP contribution in [0.2, 0.25) is 0 Å². The molecular weight excluding hydrogens is 364 g/mol. The van der Waals surface area contributed by atoms with Crippen LogP contribution < -0.4 is 15.8 Å². The number of carbonyl (C=O) groups excluding carboxylic acids is 1. The van der Waals surface area contributed by atoms with E-state index >= 15 is 0 Å². The van der Waals surface area contributed by atoms with Crippen molar-refractivity contribution in [3.63, 3.8) is 0 Å². The fraction of sp³-hybridized carbons (Fsp3) is 0.261. The van der Waals surface area contributed by atoms with Crippen molar-refractivity contribution in [1.82, 2.24) is 10.3 Å². The molecule has 1 heterocycles. The molecule has 0 saturated carbocycles. The highest BCUT2D eigenvalue weighted by atomic mass is 16.5. The zero-order valence-corrected chi connectivity index (χ0v) is 17.1. The summed E-state index contributed by atoms with van der Waals surface area (Å²) in [6.45, 7) is 8.36. The summed E-state index contributed by atoms with van der Waals surface area (Å²) in [4.78, 5) is 17.3. The van der Waals surface area contributed by atoms with Gasteiger partial charge in [0.05, 0.1) is 16.8 Å². The smallest absolute Gasteiger partial charge is 0.258 e. The average molecular weight is 390 g/mol. The molecule has 2 aromatic carbocycles. The Morgan fingerprint density at radius 1 is 1.14 bits per heavy atom. The molecule has 1 aromatic heterocycles. The van der Waals surface area contributed by atoms with E-state index in [0.717, 1.165) is 11.3 Å². The SMILES string of the molecule is CC(C)C(C)(C)Oc1cccc(-c2cc(C(=O)NC(=N)N)c3ccccc3n2)c1. The molecule has 0 fully saturated rings. The predicted octanol–water partition coefficient (Wildman–Crippen LogP) is 4.34. The molecule has 0 atom stereocenters. The molecule has 1 amide bonds. The molecule has 6 nitrogen and oxygen atoms in total. The number of ether oxygens (including phenoxy) is 1. The van der Waals surface area contributed by atoms with E-state index in [9.17, 15) is 4.79 Å². The normalized spacial score (nSPS) is 11.5. The van der Waals surface area contributed by atoms with Crippen LogP contribution in [0.15, 0.2) is 54.6 Å². The van der Waals surface area contributed by atoms with E-state index in [1.54, 1.807) is 6.07 Å². The zero-order valence-electron chi connectivity index (χ0n) is 17.1. The maximum Gasteiger partial charge on any atom is 0.258 e. The monoisotopic (exact) mass is 390 g/mol. The third-order valence-electron chi connectivity index (χ3n) is 5.11. The van der Waals surface area contributed by atoms with Gasteiger partial charge in [0.25, 0.3) is 5.91 Å². The van der Waals surface area contributed by atoms with Gasteiger partial charge in [0, 0.05) is 10.9 Å². The maximum absolute atomic E-state index is 12.6. The number of carbonyl (C=O) groups is 1. The first-order valence-electron chi connectivity index (χ1n) is 9.52. The Hall–Kier alpha value is -3.41. The number of nitrogens with two attached hydrogens (primary N) is 1. The van der Waals surface area contributed by atoms with Crippen molar-refractivity contribution in [2.75, 3.05) is 0 Å². The van der Waals surface area contributed by atoms with Crippen LogP contribution in [-0.4, -0.2) is 22.5 Å². The number of para-hydroxylation sites is 1. The van der Waals surface area contributed by atoms with Gasteiger partial charge in [0.1, 0.15) is 11.4 Å². The van der Waals surface area contributed by atoms with Crippen molar-refractivity contribution < 1.29 is 9.53 Å². The zero-order chi connectivity index (χ0) is 21.2. The number of hydrogen-bond donors (Lipinski definition) is 3. The Morgan fingerprint density at radius 2 is 1.86 bits per heavy atom. The molecule has 3 rings (SSSR count). The van der Waals surface area contributed by atoms with Gasteiger partial charge in [-0.2, -0.15) is 0 Å². The molecule has 0 aliphatic rings. The number of fused-ring (bicyclic) bond motifs is 1. The molecule has 0 radical (unpaired) electrons. The number of guanidine groups is 1. The van der Waals surface area contributed by atoms with Gasteiger partial charge in [-0.15, -0.1) is 0 Å². The molecule has 0 aliphatic heterocycles. The Bertz CT molecular complexity index is 1070. The highest BCUT2D eigenvalue weighted by Crippen LogP contribution is 2.30. The van der Waals surface area contributed by atoms with Gasteiger partial charge in [0.2, 0.25) is 0 Å². The van der Waals surface area contributed by atoms with Crippen molar-refractivity contribution in [1.29, 1.82) is 5.41 Å². The standard InChI is InChI=1S/C23H26N4O2/c1-14(2)23(3,4)29-16-9-7-8-15(12-16)20-13-18(21(28)27-22(24)25)17-10-5-6-11-19(17)26-20/h5-14H,1-4H3,(H4,24,25,27,28). The van der Waals surface area contributed by atoms with Crippen LogP contribution in [0.4, 0.5) is 0 Å². The van der Waals surface area contributed by atoms with E-state index in [2.05, 4.69) is 33.0 Å². The fourth-order valence-electron chi connectivity index (χ4n) is 2.84. The van der Waals surface area contributed by atoms with Gasteiger partial charge in [-0.05, 0) is 44.0 Å². The van der Waals surface area contributed by atoms with Crippen LogP contribution in [0.1, 0.15) is 38.1 Å². The number of nitrogens with one attached hydrogen (secondary N) is 2. The van der Waals surface area contributed by atoms with Crippen LogP contribution in [0.25, 0.3) is 22.2 Å². The van der Waals surface area contributed by atoms with E-state index in [0.29, 0.717) is 28.1 Å². The van der Waals surface area contributed by atoms with Gasteiger partial charge in [-0.3, -0.25) is 15.5 Å². The summed E-state index contributed by atoms with van der Waals surface area (Å²) in [6, 6.07) is 16.8. The van der Waals surface area contributed by atoms with Crippen LogP contribution in [0.3, 0.4) is 0 Å². The Morgan fingerprint density at radius 3 is 2.55 bits per heavy atom. The molecule has 4 N–H and O–H groups in total. The lowest BCUT2D eigenvalue weighted by molar-refractivity contribution is 0.0600. The molecule has 0 bridgehead atoms. The van der Waals surface area contributed by atoms with Gasteiger partial charge in [0.15, 0.2) is 5.96 Å². The molecule has 0 unspecified atom stereocenters. The molecule has 0 aliphatic carbocycles. The van der Waals surface area contributed by atoms with Crippen LogP contribution in [-0.2, 0) is 0 Å². The predicted molar refractivity (Wildman–Crippen MR) is 116 cm³/mol. The topological polar surface area (TPSA) is 101 Å². The highest BCUT2D eigenvalue weighted by molar-refractivity contribution is 6.12. The number of aromatic nitrogens is 1. The summed E-state index contributed by atoms with van der Waals surface area (Å²) in [5.74, 6) is 0.243. The molecule has 0 saturated heterocycles. The minimum Gasteiger partial charge on any atom is -0.488 e. The van der Waals surface area contributed by atoms with Crippen molar-refractivity contribution in [3.05, 3.63) is 60.2 Å². The second-order valence-corrected chi connectivity index (χ2v) is 7.83. The number of nitrogens with zero attached hydrogens (tertiary/aromatic N) is 1. The van der Waals surface area contributed by atoms with E-state index in [-0.39, 0.29) is 5.60 Å². The molecule has 3 aromatic rings. The maximum atomic E-state index is 12.6. The summed E-state index contributed by atoms with van der Waals surface area (Å²) in [7, 11) is 0. The molecule has 29 heavy (non-hydrogen) atoms. The Labute approximate surface area is 170 Å². The summed E-state index contributed by atoms with van der Waals surface area (Å²) >= 11 is 0. The lowest BCUT2D eigenvalue weighted by atomic mass is 9.94. The van der Waals surface area contributed by atoms with Gasteiger partial charge in [-0.25, -0.2) is 4.98 Å². The highest BCUT2D eigenvalue weighted by Gasteiger charge is 2.24. The van der Waals surface area contributed by atoms with Crippen molar-refractivity contribution in [2.24, 2.45) is 11.7 Å². The van der Waals surface area contributed by atoms with Crippen LogP contribution in [0.5, 0.6) is 5.75 Å². The summed E-state index contributed by atoms with van der Waals surface area (Å²) in [5, 5.41) is 10.4. The molecule has 0 spiro atoms. The van der Waals surface area contributed by atoms with Gasteiger partial charge >= 0.3 is 0 Å². The van der Waals surface area contributed by atoms with E-state index in [1.165, 1.54) is 0 Å². The van der Waals surface area contributed by atoms with Gasteiger partial charge < -0.3 is 10.5 Å². The average Bonchev–Trinajstić information content (AvgIpc) is 2.66. The number of pyridine rings is 1. The lowest BCUT2D eigenvalue weighted by Crippen LogP contribution is -2.35. The number of benzene rings is 2. The third-order valence-corrected chi connectivity index (χ3v) is 5.11. The Balaban J connectivity index is 2.07. The number of rotatable bonds is 5. The lowest BCUT2D eigenvalue weighted by Gasteiger charge is -2.30. The first-order valence-corrected chi connectivity index (χ1v) is 9.52. The van der Waals surface area contributed by atoms with E-state index < -0.39 is 11.9 Å². The van der Waals surface area contributed by atoms with Crippen LogP contribution >= 0.6 is 0 Å². The molecular formula is C23H26N4O2. The summed E-state index contributed by atoms with van der Waals surface area (Å²) < 4.78 is 6.19. The largest absolute Gasteiger partial charge is 0.488 e. The quantitative estimate of drug-likeness (QED) is 0.445. The Kier molecular flexibility index (Phi) is 5.55. The molecule has 6 heteroatoms. The van der Waals surface area contributed by atoms with Gasteiger partial charge in [-0.1, -0.05) is 44.2 Å². The fourth-order valence-corrected chi connectivity index (χ4v) is 2.84. The number of hydrogen-bond acceptors (Lipinski definition) is 4. The van der Waals surface area contributed by atoms with Crippen molar-refractivity contribution >= 4 is 22.8 Å². The van der Waals surface area contributed by atoms with E-state index in [1.807, 2.05) is 48.5 Å². The third kappa shape index (κ3) is 4.54. The van der Waals surface area contributed by atoms with Crippen molar-refractivity contribution in [2.45, 2.75) is 33.3 Å². The minimum absolute atomic E-state index is 0.317.